The summed E-state index contributed by atoms with van der Waals surface area (Å²) in [4.78, 5) is 20.4. The van der Waals surface area contributed by atoms with E-state index in [4.69, 9.17) is 4.74 Å². The van der Waals surface area contributed by atoms with E-state index < -0.39 is 11.6 Å². The first-order valence-electron chi connectivity index (χ1n) is 13.8. The molecule has 0 aromatic rings. The highest BCUT2D eigenvalue weighted by atomic mass is 19.4. The van der Waals surface area contributed by atoms with Crippen LogP contribution in [0.1, 0.15) is 46.9 Å². The van der Waals surface area contributed by atoms with Crippen LogP contribution in [0.5, 0.6) is 0 Å². The molecule has 3 aliphatic heterocycles. The van der Waals surface area contributed by atoms with Gasteiger partial charge >= 0.3 is 6.18 Å². The lowest BCUT2D eigenvalue weighted by atomic mass is 9.56. The molecule has 3 saturated heterocycles. The van der Waals surface area contributed by atoms with Crippen LogP contribution in [0.3, 0.4) is 0 Å². The maximum atomic E-state index is 13.6. The van der Waals surface area contributed by atoms with Crippen molar-refractivity contribution in [1.29, 1.82) is 0 Å². The molecule has 210 valence electrons. The molecule has 1 unspecified atom stereocenters. The Hall–Kier alpha value is -2.51. The summed E-state index contributed by atoms with van der Waals surface area (Å²) >= 11 is 0. The quantitative estimate of drug-likeness (QED) is 0.278. The number of carbonyl (C=O) groups excluding carboxylic acids is 1. The van der Waals surface area contributed by atoms with Crippen LogP contribution in [-0.2, 0) is 9.53 Å². The van der Waals surface area contributed by atoms with Crippen molar-refractivity contribution in [3.05, 3.63) is 42.4 Å². The molecule has 0 aromatic heterocycles. The highest BCUT2D eigenvalue weighted by Gasteiger charge is 2.65. The van der Waals surface area contributed by atoms with E-state index in [0.717, 1.165) is 51.1 Å². The maximum absolute atomic E-state index is 13.6. The molecule has 9 heteroatoms. The second-order valence-corrected chi connectivity index (χ2v) is 11.9. The summed E-state index contributed by atoms with van der Waals surface area (Å²) in [6.45, 7) is 9.55. The minimum absolute atomic E-state index is 0. The third-order valence-corrected chi connectivity index (χ3v) is 9.15. The van der Waals surface area contributed by atoms with E-state index in [1.807, 2.05) is 19.1 Å². The van der Waals surface area contributed by atoms with Gasteiger partial charge in [0.2, 0.25) is 5.91 Å². The molecule has 2 saturated carbocycles. The zero-order valence-corrected chi connectivity index (χ0v) is 22.4. The Morgan fingerprint density at radius 2 is 2.05 bits per heavy atom. The molecule has 3 heterocycles. The summed E-state index contributed by atoms with van der Waals surface area (Å²) in [6, 6.07) is -0.00234. The number of aliphatic imine (C=N–C) groups is 1. The molecule has 2 aliphatic carbocycles. The Kier molecular flexibility index (Phi) is 7.29. The number of halogens is 3. The van der Waals surface area contributed by atoms with Crippen LogP contribution in [0.15, 0.2) is 47.4 Å². The van der Waals surface area contributed by atoms with Crippen molar-refractivity contribution in [1.82, 2.24) is 15.1 Å². The second kappa shape index (κ2) is 10.2. The molecular formula is C29H41F3N4O2. The molecule has 1 spiro atoms. The fourth-order valence-electron chi connectivity index (χ4n) is 7.14. The minimum Gasteiger partial charge on any atom is -0.366 e. The van der Waals surface area contributed by atoms with Gasteiger partial charge in [0.05, 0.1) is 12.1 Å². The van der Waals surface area contributed by atoms with E-state index in [2.05, 4.69) is 38.5 Å². The SMILES string of the molecule is C=C=C(N1CC[C@@H]2OCC(=O)N[C@@H]2C1)N1CC2(CC(CC(/C=C\C)/C=C\C(=NC)C3(C(F)(F)F)CC3)C2)C1.[HH]. The van der Waals surface area contributed by atoms with Crippen LogP contribution in [-0.4, -0.2) is 79.6 Å². The zero-order valence-electron chi connectivity index (χ0n) is 22.4. The molecule has 1 amide bonds. The number of nitrogens with zero attached hydrogens (tertiary/aromatic N) is 3. The first-order valence-corrected chi connectivity index (χ1v) is 13.8. The minimum atomic E-state index is -4.24. The van der Waals surface area contributed by atoms with Gasteiger partial charge in [0, 0.05) is 45.8 Å². The van der Waals surface area contributed by atoms with Gasteiger partial charge in [-0.25, -0.2) is 0 Å². The van der Waals surface area contributed by atoms with Gasteiger partial charge in [-0.05, 0) is 63.4 Å². The van der Waals surface area contributed by atoms with Crippen molar-refractivity contribution in [2.45, 2.75) is 63.8 Å². The first-order chi connectivity index (χ1) is 18.1. The summed E-state index contributed by atoms with van der Waals surface area (Å²) in [6.07, 6.45) is 7.77. The third-order valence-electron chi connectivity index (χ3n) is 9.15. The Labute approximate surface area is 224 Å². The number of likely N-dealkylation sites (tertiary alicyclic amines) is 2. The predicted octanol–water partition coefficient (Wildman–Crippen LogP) is 4.71. The molecular weight excluding hydrogens is 493 g/mol. The largest absolute Gasteiger partial charge is 0.399 e. The molecule has 0 aromatic carbocycles. The average molecular weight is 535 g/mol. The monoisotopic (exact) mass is 534 g/mol. The van der Waals surface area contributed by atoms with Gasteiger partial charge in [0.1, 0.15) is 17.8 Å². The molecule has 3 atom stereocenters. The summed E-state index contributed by atoms with van der Waals surface area (Å²) < 4.78 is 46.4. The zero-order chi connectivity index (χ0) is 27.1. The van der Waals surface area contributed by atoms with Gasteiger partial charge in [-0.3, -0.25) is 9.79 Å². The normalized spacial score (nSPS) is 29.5. The number of allylic oxidation sites excluding steroid dienone is 4. The summed E-state index contributed by atoms with van der Waals surface area (Å²) in [5.41, 5.74) is 1.87. The van der Waals surface area contributed by atoms with E-state index in [1.54, 1.807) is 6.08 Å². The van der Waals surface area contributed by atoms with E-state index in [-0.39, 0.29) is 50.6 Å². The van der Waals surface area contributed by atoms with Crippen molar-refractivity contribution < 1.29 is 24.1 Å². The highest BCUT2D eigenvalue weighted by Crippen LogP contribution is 2.59. The lowest BCUT2D eigenvalue weighted by Crippen LogP contribution is -2.65. The van der Waals surface area contributed by atoms with E-state index in [1.165, 1.54) is 7.05 Å². The topological polar surface area (TPSA) is 57.2 Å². The van der Waals surface area contributed by atoms with E-state index >= 15 is 0 Å². The second-order valence-electron chi connectivity index (χ2n) is 11.9. The van der Waals surface area contributed by atoms with Gasteiger partial charge in [0.25, 0.3) is 0 Å². The van der Waals surface area contributed by atoms with Crippen LogP contribution in [0, 0.1) is 22.7 Å². The number of alkyl halides is 3. The number of ether oxygens (including phenoxy) is 1. The maximum Gasteiger partial charge on any atom is 0.399 e. The lowest BCUT2D eigenvalue weighted by molar-refractivity contribution is -0.165. The van der Waals surface area contributed by atoms with Gasteiger partial charge in [-0.15, -0.1) is 0 Å². The van der Waals surface area contributed by atoms with Gasteiger partial charge in [-0.2, -0.15) is 13.2 Å². The van der Waals surface area contributed by atoms with E-state index in [0.29, 0.717) is 17.9 Å². The van der Waals surface area contributed by atoms with Crippen molar-refractivity contribution in [3.8, 4) is 0 Å². The number of carbonyl (C=O) groups is 1. The number of fused-ring (bicyclic) bond motifs is 1. The van der Waals surface area contributed by atoms with E-state index in [9.17, 15) is 18.0 Å². The number of amides is 1. The van der Waals surface area contributed by atoms with Crippen LogP contribution in [0.2, 0.25) is 0 Å². The van der Waals surface area contributed by atoms with Crippen molar-refractivity contribution in [2.75, 3.05) is 39.8 Å². The molecule has 0 radical (unpaired) electrons. The fourth-order valence-corrected chi connectivity index (χ4v) is 7.14. The Bertz CT molecular complexity index is 1060. The third kappa shape index (κ3) is 5.07. The average Bonchev–Trinajstić information content (AvgIpc) is 3.63. The van der Waals surface area contributed by atoms with Crippen LogP contribution >= 0.6 is 0 Å². The number of rotatable bonds is 8. The first kappa shape index (κ1) is 27.1. The van der Waals surface area contributed by atoms with Crippen LogP contribution in [0.25, 0.3) is 0 Å². The molecule has 5 aliphatic rings. The Balaban J connectivity index is 0.00000353. The van der Waals surface area contributed by atoms with Crippen LogP contribution in [0.4, 0.5) is 13.2 Å². The summed E-state index contributed by atoms with van der Waals surface area (Å²) in [7, 11) is 1.46. The smallest absolute Gasteiger partial charge is 0.366 e. The fraction of sp³-hybridized carbons (Fsp3) is 0.690. The molecule has 0 bridgehead atoms. The number of nitrogens with one attached hydrogen (secondary N) is 1. The predicted molar refractivity (Wildman–Crippen MR) is 142 cm³/mol. The van der Waals surface area contributed by atoms with Crippen molar-refractivity contribution in [3.63, 3.8) is 0 Å². The van der Waals surface area contributed by atoms with Gasteiger partial charge < -0.3 is 19.9 Å². The van der Waals surface area contributed by atoms with Gasteiger partial charge in [-0.1, -0.05) is 30.5 Å². The molecule has 38 heavy (non-hydrogen) atoms. The van der Waals surface area contributed by atoms with Crippen molar-refractivity contribution >= 4 is 11.6 Å². The standard InChI is InChI=1S/C29H39F3N4O2.H2/c1-4-6-20(7-8-24(33-3)28(10-11-28)29(30,31)32)13-21-14-27(15-21)18-36(19-27)26(5-2)35-12-9-23-22(16-35)34-25(37)17-38-23;/h4,6-8,20-23H,2,9-19H2,1,3H3,(H,34,37);1H/b6-4-,8-7-,33-24?;/t20?,22-,23+;/m1./s1. The summed E-state index contributed by atoms with van der Waals surface area (Å²) in [5, 5.41) is 3.06. The van der Waals surface area contributed by atoms with Crippen molar-refractivity contribution in [2.24, 2.45) is 27.7 Å². The number of hydrogen-bond donors (Lipinski definition) is 1. The number of hydrogen-bond acceptors (Lipinski definition) is 5. The molecule has 5 rings (SSSR count). The van der Waals surface area contributed by atoms with Crippen LogP contribution < -0.4 is 5.32 Å². The molecule has 5 fully saturated rings. The number of piperidine rings is 1. The van der Waals surface area contributed by atoms with Gasteiger partial charge in [0.15, 0.2) is 0 Å². The summed E-state index contributed by atoms with van der Waals surface area (Å²) in [5.74, 6) is 1.62. The molecule has 1 N–H and O–H groups in total. The highest BCUT2D eigenvalue weighted by molar-refractivity contribution is 6.02. The lowest BCUT2D eigenvalue weighted by Gasteiger charge is -2.61. The Morgan fingerprint density at radius 1 is 1.32 bits per heavy atom. The Morgan fingerprint density at radius 3 is 2.66 bits per heavy atom. The molecule has 6 nitrogen and oxygen atoms in total. The number of morpholine rings is 1.